The van der Waals surface area contributed by atoms with E-state index in [1.54, 1.807) is 30.3 Å². The number of aromatic nitrogens is 3. The van der Waals surface area contributed by atoms with Gasteiger partial charge in [0.25, 0.3) is 11.8 Å². The van der Waals surface area contributed by atoms with Gasteiger partial charge in [-0.3, -0.25) is 18.9 Å². The molecule has 118 valence electrons. The van der Waals surface area contributed by atoms with E-state index in [1.165, 1.54) is 16.8 Å². The highest BCUT2D eigenvalue weighted by atomic mass is 16.4. The topological polar surface area (TPSA) is 105 Å². The third kappa shape index (κ3) is 1.97. The molecular formula is C16H10N4O4. The van der Waals surface area contributed by atoms with E-state index in [4.69, 9.17) is 5.11 Å². The van der Waals surface area contributed by atoms with Crippen molar-refractivity contribution in [2.75, 3.05) is 0 Å². The van der Waals surface area contributed by atoms with Gasteiger partial charge in [0, 0.05) is 18.1 Å². The molecule has 0 unspecified atom stereocenters. The Hall–Kier alpha value is -3.55. The van der Waals surface area contributed by atoms with Gasteiger partial charge in [0.2, 0.25) is 5.78 Å². The predicted molar refractivity (Wildman–Crippen MR) is 80.6 cm³/mol. The summed E-state index contributed by atoms with van der Waals surface area (Å²) in [4.78, 5) is 44.9. The summed E-state index contributed by atoms with van der Waals surface area (Å²) in [5.41, 5.74) is 1.11. The van der Waals surface area contributed by atoms with E-state index < -0.39 is 5.97 Å². The first-order chi connectivity index (χ1) is 11.6. The van der Waals surface area contributed by atoms with Gasteiger partial charge in [-0.05, 0) is 18.2 Å². The number of benzene rings is 1. The number of imidazole rings is 1. The monoisotopic (exact) mass is 322 g/mol. The van der Waals surface area contributed by atoms with Crippen molar-refractivity contribution in [1.29, 1.82) is 0 Å². The lowest BCUT2D eigenvalue weighted by Gasteiger charge is -2.14. The van der Waals surface area contributed by atoms with Crippen LogP contribution in [0.15, 0.2) is 42.7 Å². The lowest BCUT2D eigenvalue weighted by atomic mass is 10.1. The number of carbonyl (C=O) groups is 3. The van der Waals surface area contributed by atoms with Crippen LogP contribution in [0, 0.1) is 0 Å². The van der Waals surface area contributed by atoms with Gasteiger partial charge in [0.15, 0.2) is 5.69 Å². The van der Waals surface area contributed by atoms with Crippen LogP contribution in [-0.2, 0) is 6.54 Å². The van der Waals surface area contributed by atoms with Crippen LogP contribution in [0.5, 0.6) is 0 Å². The molecule has 1 N–H and O–H groups in total. The third-order valence-corrected chi connectivity index (χ3v) is 3.87. The quantitative estimate of drug-likeness (QED) is 0.727. The lowest BCUT2D eigenvalue weighted by Crippen LogP contribution is -2.30. The number of carboxylic acid groups (broad SMARTS) is 1. The summed E-state index contributed by atoms with van der Waals surface area (Å²) in [6.45, 7) is 0.000779. The van der Waals surface area contributed by atoms with Gasteiger partial charge in [0.1, 0.15) is 0 Å². The highest BCUT2D eigenvalue weighted by Gasteiger charge is 2.35. The molecule has 1 aromatic carbocycles. The Morgan fingerprint density at radius 1 is 1.08 bits per heavy atom. The molecule has 3 aromatic rings. The molecule has 0 spiro atoms. The first kappa shape index (κ1) is 14.1. The number of aromatic carboxylic acids is 1. The molecular weight excluding hydrogens is 312 g/mol. The van der Waals surface area contributed by atoms with Crippen molar-refractivity contribution in [3.05, 3.63) is 65.2 Å². The Kier molecular flexibility index (Phi) is 2.92. The van der Waals surface area contributed by atoms with Crippen LogP contribution in [0.1, 0.15) is 36.9 Å². The Labute approximate surface area is 135 Å². The number of imide groups is 1. The van der Waals surface area contributed by atoms with Crippen LogP contribution in [0.2, 0.25) is 0 Å². The SMILES string of the molecule is O=C(O)c1cn2c(CN3C(=O)c4ccccc4C3=O)ccnc2n1. The van der Waals surface area contributed by atoms with Gasteiger partial charge in [-0.1, -0.05) is 12.1 Å². The number of hydrogen-bond donors (Lipinski definition) is 1. The van der Waals surface area contributed by atoms with Crippen molar-refractivity contribution in [3.8, 4) is 0 Å². The Balaban J connectivity index is 1.74. The number of nitrogens with zero attached hydrogens (tertiary/aromatic N) is 4. The number of rotatable bonds is 3. The van der Waals surface area contributed by atoms with Gasteiger partial charge in [-0.2, -0.15) is 0 Å². The second kappa shape index (κ2) is 4.98. The lowest BCUT2D eigenvalue weighted by molar-refractivity contribution is 0.0636. The number of hydrogen-bond acceptors (Lipinski definition) is 5. The van der Waals surface area contributed by atoms with E-state index in [0.717, 1.165) is 4.90 Å². The summed E-state index contributed by atoms with van der Waals surface area (Å²) in [6.07, 6.45) is 2.78. The van der Waals surface area contributed by atoms with Crippen molar-refractivity contribution in [1.82, 2.24) is 19.3 Å². The molecule has 0 fully saturated rings. The molecule has 1 aliphatic rings. The average Bonchev–Trinajstić information content (AvgIpc) is 3.12. The summed E-state index contributed by atoms with van der Waals surface area (Å²) in [5, 5.41) is 9.04. The molecule has 3 heterocycles. The molecule has 8 nitrogen and oxygen atoms in total. The molecule has 0 saturated carbocycles. The first-order valence-corrected chi connectivity index (χ1v) is 7.08. The molecule has 2 aromatic heterocycles. The molecule has 2 amide bonds. The van der Waals surface area contributed by atoms with Gasteiger partial charge in [-0.15, -0.1) is 0 Å². The molecule has 24 heavy (non-hydrogen) atoms. The summed E-state index contributed by atoms with van der Waals surface area (Å²) in [6, 6.07) is 8.24. The molecule has 1 aliphatic heterocycles. The second-order valence-corrected chi connectivity index (χ2v) is 5.28. The first-order valence-electron chi connectivity index (χ1n) is 7.08. The van der Waals surface area contributed by atoms with Gasteiger partial charge in [0.05, 0.1) is 17.7 Å². The smallest absolute Gasteiger partial charge is 0.356 e. The number of carbonyl (C=O) groups excluding carboxylic acids is 2. The zero-order valence-electron chi connectivity index (χ0n) is 12.2. The Bertz CT molecular complexity index is 989. The summed E-state index contributed by atoms with van der Waals surface area (Å²) < 4.78 is 1.47. The number of fused-ring (bicyclic) bond motifs is 2. The van der Waals surface area contributed by atoms with Gasteiger partial charge in [-0.25, -0.2) is 14.8 Å². The minimum absolute atomic E-state index is 0.000779. The molecule has 0 aliphatic carbocycles. The average molecular weight is 322 g/mol. The van der Waals surface area contributed by atoms with Crippen molar-refractivity contribution in [2.24, 2.45) is 0 Å². The Morgan fingerprint density at radius 3 is 2.38 bits per heavy atom. The van der Waals surface area contributed by atoms with E-state index in [9.17, 15) is 14.4 Å². The van der Waals surface area contributed by atoms with Crippen molar-refractivity contribution in [2.45, 2.75) is 6.54 Å². The zero-order chi connectivity index (χ0) is 16.8. The highest BCUT2D eigenvalue weighted by Crippen LogP contribution is 2.24. The summed E-state index contributed by atoms with van der Waals surface area (Å²) in [5.74, 6) is -1.73. The maximum atomic E-state index is 12.4. The highest BCUT2D eigenvalue weighted by molar-refractivity contribution is 6.21. The normalized spacial score (nSPS) is 13.6. The van der Waals surface area contributed by atoms with E-state index in [1.807, 2.05) is 0 Å². The largest absolute Gasteiger partial charge is 0.476 e. The van der Waals surface area contributed by atoms with Crippen LogP contribution in [0.4, 0.5) is 0 Å². The Morgan fingerprint density at radius 2 is 1.75 bits per heavy atom. The third-order valence-electron chi connectivity index (χ3n) is 3.87. The van der Waals surface area contributed by atoms with Crippen LogP contribution >= 0.6 is 0 Å². The predicted octanol–water partition coefficient (Wildman–Crippen LogP) is 1.22. The fraction of sp³-hybridized carbons (Fsp3) is 0.0625. The summed E-state index contributed by atoms with van der Waals surface area (Å²) in [7, 11) is 0. The minimum atomic E-state index is -1.17. The number of amides is 2. The van der Waals surface area contributed by atoms with E-state index in [0.29, 0.717) is 16.8 Å². The maximum Gasteiger partial charge on any atom is 0.356 e. The van der Waals surface area contributed by atoms with Crippen LogP contribution in [0.25, 0.3) is 5.78 Å². The molecule has 4 rings (SSSR count). The molecule has 0 atom stereocenters. The second-order valence-electron chi connectivity index (χ2n) is 5.28. The van der Waals surface area contributed by atoms with Crippen LogP contribution < -0.4 is 0 Å². The van der Waals surface area contributed by atoms with Crippen LogP contribution in [-0.4, -0.2) is 42.2 Å². The van der Waals surface area contributed by atoms with Crippen LogP contribution in [0.3, 0.4) is 0 Å². The molecule has 0 bridgehead atoms. The zero-order valence-corrected chi connectivity index (χ0v) is 12.2. The van der Waals surface area contributed by atoms with Gasteiger partial charge >= 0.3 is 5.97 Å². The van der Waals surface area contributed by atoms with E-state index in [2.05, 4.69) is 9.97 Å². The molecule has 8 heteroatoms. The summed E-state index contributed by atoms with van der Waals surface area (Å²) >= 11 is 0. The van der Waals surface area contributed by atoms with Crippen molar-refractivity contribution in [3.63, 3.8) is 0 Å². The van der Waals surface area contributed by atoms with E-state index >= 15 is 0 Å². The fourth-order valence-electron chi connectivity index (χ4n) is 2.72. The van der Waals surface area contributed by atoms with E-state index in [-0.39, 0.29) is 29.8 Å². The maximum absolute atomic E-state index is 12.4. The fourth-order valence-corrected chi connectivity index (χ4v) is 2.72. The van der Waals surface area contributed by atoms with Crippen molar-refractivity contribution < 1.29 is 19.5 Å². The number of carboxylic acids is 1. The van der Waals surface area contributed by atoms with Gasteiger partial charge < -0.3 is 5.11 Å². The molecule has 0 saturated heterocycles. The minimum Gasteiger partial charge on any atom is -0.476 e. The standard InChI is InChI=1S/C16H10N4O4/c21-13-10-3-1-2-4-11(10)14(22)20(13)7-9-5-6-17-16-18-12(15(23)24)8-19(9)16/h1-6,8H,7H2,(H,23,24). The van der Waals surface area contributed by atoms with Crippen molar-refractivity contribution >= 4 is 23.6 Å². The molecule has 0 radical (unpaired) electrons.